The number of amides is 1. The number of halogens is 2. The highest BCUT2D eigenvalue weighted by atomic mass is 35.5. The highest BCUT2D eigenvalue weighted by Gasteiger charge is 2.23. The van der Waals surface area contributed by atoms with E-state index >= 15 is 0 Å². The molecule has 4 aromatic rings. The number of hydrogen-bond donors (Lipinski definition) is 1. The van der Waals surface area contributed by atoms with Gasteiger partial charge in [0, 0.05) is 0 Å². The van der Waals surface area contributed by atoms with E-state index in [9.17, 15) is 13.2 Å². The van der Waals surface area contributed by atoms with Crippen molar-refractivity contribution < 1.29 is 17.9 Å². The first-order chi connectivity index (χ1) is 17.7. The van der Waals surface area contributed by atoms with E-state index in [-0.39, 0.29) is 15.7 Å². The number of rotatable bonds is 9. The Bertz CT molecular complexity index is 1550. The van der Waals surface area contributed by atoms with Crippen molar-refractivity contribution in [1.29, 1.82) is 0 Å². The Morgan fingerprint density at radius 3 is 2.43 bits per heavy atom. The summed E-state index contributed by atoms with van der Waals surface area (Å²) in [5, 5.41) is 6.44. The topological polar surface area (TPSA) is 88.1 Å². The number of ether oxygens (including phenoxy) is 1. The van der Waals surface area contributed by atoms with E-state index in [4.69, 9.17) is 27.9 Å². The number of nitrogens with zero attached hydrogens (tertiary/aromatic N) is 2. The SMILES string of the molecule is CS(=O)(=O)N(CC(=O)N/N=C/c1ccc(OCc2cccc3ccccc23)cc1)c1cccc(Cl)c1Cl. The Balaban J connectivity index is 1.35. The van der Waals surface area contributed by atoms with Crippen molar-refractivity contribution in [2.75, 3.05) is 17.1 Å². The third kappa shape index (κ3) is 6.80. The molecule has 1 N–H and O–H groups in total. The van der Waals surface area contributed by atoms with Gasteiger partial charge in [-0.2, -0.15) is 5.10 Å². The summed E-state index contributed by atoms with van der Waals surface area (Å²) in [6, 6.07) is 26.0. The quantitative estimate of drug-likeness (QED) is 0.214. The maximum atomic E-state index is 12.4. The molecule has 37 heavy (non-hydrogen) atoms. The van der Waals surface area contributed by atoms with Crippen molar-refractivity contribution in [2.45, 2.75) is 6.61 Å². The van der Waals surface area contributed by atoms with Crippen LogP contribution in [0.5, 0.6) is 5.75 Å². The predicted octanol–water partition coefficient (Wildman–Crippen LogP) is 5.64. The van der Waals surface area contributed by atoms with E-state index in [1.807, 2.05) is 24.3 Å². The molecule has 0 fully saturated rings. The number of hydrazone groups is 1. The van der Waals surface area contributed by atoms with Crippen LogP contribution in [0.1, 0.15) is 11.1 Å². The normalized spacial score (nSPS) is 11.5. The molecule has 0 saturated heterocycles. The maximum Gasteiger partial charge on any atom is 0.260 e. The molecule has 0 aliphatic heterocycles. The molecule has 1 amide bonds. The van der Waals surface area contributed by atoms with Gasteiger partial charge in [-0.1, -0.05) is 71.7 Å². The number of anilines is 1. The zero-order chi connectivity index (χ0) is 26.4. The summed E-state index contributed by atoms with van der Waals surface area (Å²) in [7, 11) is -3.81. The van der Waals surface area contributed by atoms with Crippen molar-refractivity contribution in [3.05, 3.63) is 106 Å². The van der Waals surface area contributed by atoms with Gasteiger partial charge in [0.2, 0.25) is 10.0 Å². The minimum absolute atomic E-state index is 0.0358. The Labute approximate surface area is 225 Å². The average molecular weight is 556 g/mol. The Morgan fingerprint density at radius 2 is 1.68 bits per heavy atom. The molecule has 0 atom stereocenters. The second kappa shape index (κ2) is 11.6. The van der Waals surface area contributed by atoms with Crippen LogP contribution in [0.4, 0.5) is 5.69 Å². The van der Waals surface area contributed by atoms with E-state index in [0.29, 0.717) is 12.4 Å². The van der Waals surface area contributed by atoms with E-state index < -0.39 is 22.5 Å². The molecule has 10 heteroatoms. The van der Waals surface area contributed by atoms with Crippen LogP contribution in [0.25, 0.3) is 10.8 Å². The summed E-state index contributed by atoms with van der Waals surface area (Å²) in [4.78, 5) is 12.4. The van der Waals surface area contributed by atoms with Crippen LogP contribution in [-0.4, -0.2) is 33.3 Å². The summed E-state index contributed by atoms with van der Waals surface area (Å²) in [6.07, 6.45) is 2.42. The first-order valence-corrected chi connectivity index (χ1v) is 13.8. The van der Waals surface area contributed by atoms with Gasteiger partial charge in [0.25, 0.3) is 5.91 Å². The second-order valence-corrected chi connectivity index (χ2v) is 10.8. The molecular formula is C27H23Cl2N3O4S. The molecule has 4 rings (SSSR count). The molecule has 0 heterocycles. The first-order valence-electron chi connectivity index (χ1n) is 11.2. The smallest absolute Gasteiger partial charge is 0.260 e. The molecule has 0 unspecified atom stereocenters. The van der Waals surface area contributed by atoms with Crippen LogP contribution in [0.2, 0.25) is 10.0 Å². The lowest BCUT2D eigenvalue weighted by molar-refractivity contribution is -0.119. The lowest BCUT2D eigenvalue weighted by Crippen LogP contribution is -2.39. The minimum Gasteiger partial charge on any atom is -0.489 e. The van der Waals surface area contributed by atoms with Gasteiger partial charge in [-0.3, -0.25) is 9.10 Å². The van der Waals surface area contributed by atoms with E-state index in [2.05, 4.69) is 28.7 Å². The molecule has 190 valence electrons. The third-order valence-electron chi connectivity index (χ3n) is 5.44. The molecule has 0 aliphatic carbocycles. The molecule has 7 nitrogen and oxygen atoms in total. The van der Waals surface area contributed by atoms with Crippen molar-refractivity contribution in [1.82, 2.24) is 5.43 Å². The summed E-state index contributed by atoms with van der Waals surface area (Å²) in [5.74, 6) is 0.0454. The molecule has 0 spiro atoms. The van der Waals surface area contributed by atoms with Gasteiger partial charge in [0.05, 0.1) is 28.2 Å². The van der Waals surface area contributed by atoms with Crippen LogP contribution < -0.4 is 14.5 Å². The zero-order valence-corrected chi connectivity index (χ0v) is 22.1. The molecule has 0 saturated carbocycles. The van der Waals surface area contributed by atoms with E-state index in [0.717, 1.165) is 32.5 Å². The standard InChI is InChI=1S/C27H23Cl2N3O4S/c1-37(34,35)32(25-11-5-10-24(28)27(25)29)17-26(33)31-30-16-19-12-14-22(15-13-19)36-18-21-8-4-7-20-6-2-3-9-23(20)21/h2-16H,17-18H2,1H3,(H,31,33)/b30-16+. The monoisotopic (exact) mass is 555 g/mol. The Morgan fingerprint density at radius 1 is 0.973 bits per heavy atom. The van der Waals surface area contributed by atoms with Gasteiger partial charge in [-0.05, 0) is 58.3 Å². The number of carbonyl (C=O) groups excluding carboxylic acids is 1. The summed E-state index contributed by atoms with van der Waals surface area (Å²) in [6.45, 7) is -0.0878. The maximum absolute atomic E-state index is 12.4. The summed E-state index contributed by atoms with van der Waals surface area (Å²) >= 11 is 12.1. The molecule has 0 radical (unpaired) electrons. The first kappa shape index (κ1) is 26.5. The number of benzene rings is 4. The predicted molar refractivity (Wildman–Crippen MR) is 149 cm³/mol. The van der Waals surface area contributed by atoms with E-state index in [1.165, 1.54) is 18.3 Å². The number of sulfonamides is 1. The van der Waals surface area contributed by atoms with Crippen LogP contribution in [0.3, 0.4) is 0 Å². The van der Waals surface area contributed by atoms with Crippen LogP contribution >= 0.6 is 23.2 Å². The Hall–Kier alpha value is -3.59. The van der Waals surface area contributed by atoms with Crippen molar-refractivity contribution in [3.8, 4) is 5.75 Å². The highest BCUT2D eigenvalue weighted by Crippen LogP contribution is 2.33. The van der Waals surface area contributed by atoms with Gasteiger partial charge >= 0.3 is 0 Å². The number of hydrogen-bond acceptors (Lipinski definition) is 5. The average Bonchev–Trinajstić information content (AvgIpc) is 2.88. The fourth-order valence-electron chi connectivity index (χ4n) is 3.64. The fourth-order valence-corrected chi connectivity index (χ4v) is 4.95. The highest BCUT2D eigenvalue weighted by molar-refractivity contribution is 7.92. The van der Waals surface area contributed by atoms with Gasteiger partial charge in [0.1, 0.15) is 18.9 Å². The van der Waals surface area contributed by atoms with Crippen molar-refractivity contribution in [3.63, 3.8) is 0 Å². The number of nitrogens with one attached hydrogen (secondary N) is 1. The van der Waals surface area contributed by atoms with Crippen molar-refractivity contribution in [2.24, 2.45) is 5.10 Å². The van der Waals surface area contributed by atoms with Gasteiger partial charge in [-0.25, -0.2) is 13.8 Å². The van der Waals surface area contributed by atoms with Gasteiger partial charge < -0.3 is 4.74 Å². The largest absolute Gasteiger partial charge is 0.489 e. The molecular weight excluding hydrogens is 533 g/mol. The molecule has 0 aromatic heterocycles. The molecule has 0 bridgehead atoms. The van der Waals surface area contributed by atoms with E-state index in [1.54, 1.807) is 30.3 Å². The van der Waals surface area contributed by atoms with Crippen LogP contribution in [0.15, 0.2) is 90.0 Å². The fraction of sp³-hybridized carbons (Fsp3) is 0.111. The van der Waals surface area contributed by atoms with Gasteiger partial charge in [-0.15, -0.1) is 0 Å². The lowest BCUT2D eigenvalue weighted by atomic mass is 10.1. The van der Waals surface area contributed by atoms with Crippen molar-refractivity contribution >= 4 is 61.8 Å². The lowest BCUT2D eigenvalue weighted by Gasteiger charge is -2.22. The summed E-state index contributed by atoms with van der Waals surface area (Å²) < 4.78 is 31.3. The summed E-state index contributed by atoms with van der Waals surface area (Å²) in [5.41, 5.74) is 4.25. The third-order valence-corrected chi connectivity index (χ3v) is 7.38. The van der Waals surface area contributed by atoms with Crippen LogP contribution in [0, 0.1) is 0 Å². The number of fused-ring (bicyclic) bond motifs is 1. The Kier molecular flexibility index (Phi) is 8.33. The number of carbonyl (C=O) groups is 1. The van der Waals surface area contributed by atoms with Crippen LogP contribution in [-0.2, 0) is 21.4 Å². The molecule has 0 aliphatic rings. The second-order valence-electron chi connectivity index (χ2n) is 8.13. The van der Waals surface area contributed by atoms with Gasteiger partial charge in [0.15, 0.2) is 0 Å². The zero-order valence-electron chi connectivity index (χ0n) is 19.8. The minimum atomic E-state index is -3.81. The molecule has 4 aromatic carbocycles.